The zero-order valence-corrected chi connectivity index (χ0v) is 10.7. The molecule has 0 unspecified atom stereocenters. The van der Waals surface area contributed by atoms with Crippen LogP contribution in [-0.4, -0.2) is 23.1 Å². The summed E-state index contributed by atoms with van der Waals surface area (Å²) in [6.45, 7) is 0. The minimum atomic E-state index is -4.14. The lowest BCUT2D eigenvalue weighted by molar-refractivity contribution is 0.581. The molecule has 0 fully saturated rings. The molecule has 0 spiro atoms. The molecule has 9 heteroatoms. The highest BCUT2D eigenvalue weighted by molar-refractivity contribution is 7.99. The molecule has 0 heterocycles. The molecule has 0 saturated heterocycles. The maximum atomic E-state index is 11.3. The minimum Gasteiger partial charge on any atom is -0.225 e. The van der Waals surface area contributed by atoms with Gasteiger partial charge in [0.25, 0.3) is 0 Å². The van der Waals surface area contributed by atoms with Gasteiger partial charge >= 0.3 is 0 Å². The number of primary sulfonamides is 2. The maximum Gasteiger partial charge on any atom is 0.240 e. The smallest absolute Gasteiger partial charge is 0.225 e. The molecule has 6 nitrogen and oxygen atoms in total. The Bertz CT molecular complexity index is 607. The highest BCUT2D eigenvalue weighted by Gasteiger charge is 2.24. The summed E-state index contributed by atoms with van der Waals surface area (Å²) in [4.78, 5) is -0.694. The first kappa shape index (κ1) is 13.5. The fourth-order valence-electron chi connectivity index (χ4n) is 1.16. The third-order valence-electron chi connectivity index (χ3n) is 1.75. The van der Waals surface area contributed by atoms with Crippen molar-refractivity contribution >= 4 is 31.8 Å². The lowest BCUT2D eigenvalue weighted by atomic mass is 10.4. The number of hydrogen-bond acceptors (Lipinski definition) is 5. The van der Waals surface area contributed by atoms with E-state index in [1.54, 1.807) is 6.26 Å². The van der Waals surface area contributed by atoms with Gasteiger partial charge < -0.3 is 0 Å². The van der Waals surface area contributed by atoms with E-state index in [4.69, 9.17) is 10.3 Å². The van der Waals surface area contributed by atoms with Gasteiger partial charge in [-0.05, 0) is 18.4 Å². The van der Waals surface area contributed by atoms with E-state index in [1.807, 2.05) is 0 Å². The Labute approximate surface area is 98.1 Å². The summed E-state index contributed by atoms with van der Waals surface area (Å²) in [6, 6.07) is 3.97. The molecule has 4 N–H and O–H groups in total. The van der Waals surface area contributed by atoms with Crippen molar-refractivity contribution in [2.24, 2.45) is 10.3 Å². The highest BCUT2D eigenvalue weighted by Crippen LogP contribution is 2.29. The lowest BCUT2D eigenvalue weighted by Gasteiger charge is -2.09. The maximum absolute atomic E-state index is 11.3. The number of nitrogens with two attached hydrogens (primary N) is 2. The SMILES string of the molecule is CSc1cccc(S(N)(=O)=O)c1S(N)(=O)=O. The minimum absolute atomic E-state index is 0.244. The van der Waals surface area contributed by atoms with Crippen molar-refractivity contribution in [3.8, 4) is 0 Å². The second-order valence-electron chi connectivity index (χ2n) is 2.88. The molecule has 1 aromatic rings. The van der Waals surface area contributed by atoms with Gasteiger partial charge in [-0.1, -0.05) is 6.07 Å². The van der Waals surface area contributed by atoms with E-state index in [1.165, 1.54) is 12.1 Å². The van der Waals surface area contributed by atoms with Gasteiger partial charge in [0, 0.05) is 4.90 Å². The van der Waals surface area contributed by atoms with E-state index in [0.717, 1.165) is 17.8 Å². The largest absolute Gasteiger partial charge is 0.240 e. The molecule has 0 amide bonds. The molecule has 1 aromatic carbocycles. The number of thioether (sulfide) groups is 1. The third kappa shape index (κ3) is 2.74. The molecule has 90 valence electrons. The Balaban J connectivity index is 3.79. The zero-order valence-electron chi connectivity index (χ0n) is 8.24. The van der Waals surface area contributed by atoms with Gasteiger partial charge in [0.1, 0.15) is 9.79 Å². The van der Waals surface area contributed by atoms with E-state index in [2.05, 4.69) is 0 Å². The zero-order chi connectivity index (χ0) is 12.6. The number of sulfonamides is 2. The van der Waals surface area contributed by atoms with Gasteiger partial charge in [0.2, 0.25) is 20.0 Å². The molecule has 0 bridgehead atoms. The molecule has 0 aliphatic heterocycles. The quantitative estimate of drug-likeness (QED) is 0.738. The van der Waals surface area contributed by atoms with Crippen LogP contribution in [0, 0.1) is 0 Å². The molecule has 0 aliphatic carbocycles. The van der Waals surface area contributed by atoms with Crippen molar-refractivity contribution in [2.45, 2.75) is 14.7 Å². The van der Waals surface area contributed by atoms with Crippen molar-refractivity contribution in [3.05, 3.63) is 18.2 Å². The molecule has 0 saturated carbocycles. The van der Waals surface area contributed by atoms with E-state index < -0.39 is 29.8 Å². The van der Waals surface area contributed by atoms with Crippen LogP contribution < -0.4 is 10.3 Å². The summed E-state index contributed by atoms with van der Waals surface area (Å²) in [5.41, 5.74) is 0. The first-order chi connectivity index (χ1) is 7.18. The van der Waals surface area contributed by atoms with Gasteiger partial charge in [-0.2, -0.15) is 0 Å². The summed E-state index contributed by atoms with van der Waals surface area (Å²) in [6.07, 6.45) is 1.61. The number of benzene rings is 1. The Morgan fingerprint density at radius 3 is 2.00 bits per heavy atom. The van der Waals surface area contributed by atoms with Crippen molar-refractivity contribution in [1.29, 1.82) is 0 Å². The Kier molecular flexibility index (Phi) is 3.65. The van der Waals surface area contributed by atoms with Gasteiger partial charge in [0.15, 0.2) is 0 Å². The second-order valence-corrected chi connectivity index (χ2v) is 6.75. The summed E-state index contributed by atoms with van der Waals surface area (Å²) < 4.78 is 45.1. The summed E-state index contributed by atoms with van der Waals surface area (Å²) in [5.74, 6) is 0. The van der Waals surface area contributed by atoms with E-state index >= 15 is 0 Å². The van der Waals surface area contributed by atoms with Crippen LogP contribution >= 0.6 is 11.8 Å². The van der Waals surface area contributed by atoms with E-state index in [-0.39, 0.29) is 4.90 Å². The van der Waals surface area contributed by atoms with Crippen LogP contribution in [0.5, 0.6) is 0 Å². The molecule has 0 radical (unpaired) electrons. The predicted octanol–water partition coefficient (Wildman–Crippen LogP) is -0.297. The van der Waals surface area contributed by atoms with Crippen molar-refractivity contribution in [1.82, 2.24) is 0 Å². The van der Waals surface area contributed by atoms with Crippen LogP contribution in [0.25, 0.3) is 0 Å². The second kappa shape index (κ2) is 4.34. The Morgan fingerprint density at radius 2 is 1.62 bits per heavy atom. The van der Waals surface area contributed by atoms with Crippen LogP contribution in [0.1, 0.15) is 0 Å². The van der Waals surface area contributed by atoms with Gasteiger partial charge in [0.05, 0.1) is 0 Å². The molecular formula is C7H10N2O4S3. The predicted molar refractivity (Wildman–Crippen MR) is 61.0 cm³/mol. The first-order valence-electron chi connectivity index (χ1n) is 3.90. The normalized spacial score (nSPS) is 12.7. The molecule has 0 aliphatic rings. The summed E-state index contributed by atoms with van der Waals surface area (Å²) in [5, 5.41) is 9.89. The monoisotopic (exact) mass is 282 g/mol. The van der Waals surface area contributed by atoms with Gasteiger partial charge in [-0.25, -0.2) is 27.1 Å². The fraction of sp³-hybridized carbons (Fsp3) is 0.143. The lowest BCUT2D eigenvalue weighted by Crippen LogP contribution is -2.21. The Hall–Kier alpha value is -0.610. The van der Waals surface area contributed by atoms with Gasteiger partial charge in [-0.3, -0.25) is 0 Å². The van der Waals surface area contributed by atoms with Crippen molar-refractivity contribution < 1.29 is 16.8 Å². The average Bonchev–Trinajstić information content (AvgIpc) is 2.13. The molecule has 0 aromatic heterocycles. The topological polar surface area (TPSA) is 120 Å². The first-order valence-corrected chi connectivity index (χ1v) is 8.22. The van der Waals surface area contributed by atoms with Gasteiger partial charge in [-0.15, -0.1) is 11.8 Å². The number of rotatable bonds is 3. The number of hydrogen-bond donors (Lipinski definition) is 2. The summed E-state index contributed by atoms with van der Waals surface area (Å²) in [7, 11) is -8.26. The summed E-state index contributed by atoms with van der Waals surface area (Å²) >= 11 is 1.07. The third-order valence-corrected chi connectivity index (χ3v) is 4.75. The Morgan fingerprint density at radius 1 is 1.06 bits per heavy atom. The molecule has 16 heavy (non-hydrogen) atoms. The van der Waals surface area contributed by atoms with Crippen molar-refractivity contribution in [3.63, 3.8) is 0 Å². The van der Waals surface area contributed by atoms with Crippen LogP contribution in [0.15, 0.2) is 32.9 Å². The molecule has 1 rings (SSSR count). The van der Waals surface area contributed by atoms with Crippen LogP contribution in [0.3, 0.4) is 0 Å². The van der Waals surface area contributed by atoms with Crippen LogP contribution in [0.4, 0.5) is 0 Å². The van der Waals surface area contributed by atoms with Crippen LogP contribution in [-0.2, 0) is 20.0 Å². The van der Waals surface area contributed by atoms with E-state index in [9.17, 15) is 16.8 Å². The van der Waals surface area contributed by atoms with Crippen molar-refractivity contribution in [2.75, 3.05) is 6.26 Å². The van der Waals surface area contributed by atoms with E-state index in [0.29, 0.717) is 0 Å². The standard InChI is InChI=1S/C7H10N2O4S3/c1-14-5-3-2-4-6(15(8,10)11)7(5)16(9,12)13/h2-4H,1H3,(H2,8,10,11)(H2,9,12,13). The van der Waals surface area contributed by atoms with Crippen LogP contribution in [0.2, 0.25) is 0 Å². The average molecular weight is 282 g/mol. The fourth-order valence-corrected chi connectivity index (χ4v) is 4.36. The molecular weight excluding hydrogens is 272 g/mol. The highest BCUT2D eigenvalue weighted by atomic mass is 32.2. The molecule has 0 atom stereocenters.